The van der Waals surface area contributed by atoms with Crippen molar-refractivity contribution < 1.29 is 5.11 Å². The van der Waals surface area contributed by atoms with Crippen LogP contribution in [-0.2, 0) is 6.42 Å². The number of phenolic OH excluding ortho intramolecular Hbond substituents is 1. The van der Waals surface area contributed by atoms with Crippen molar-refractivity contribution in [2.24, 2.45) is 0 Å². The first-order valence-corrected chi connectivity index (χ1v) is 5.28. The molecule has 0 unspecified atom stereocenters. The van der Waals surface area contributed by atoms with Crippen LogP contribution in [0, 0.1) is 0 Å². The molecule has 0 aliphatic heterocycles. The van der Waals surface area contributed by atoms with Gasteiger partial charge in [0.25, 0.3) is 0 Å². The lowest BCUT2D eigenvalue weighted by atomic mass is 9.99. The van der Waals surface area contributed by atoms with Gasteiger partial charge in [0.15, 0.2) is 0 Å². The van der Waals surface area contributed by atoms with Crippen LogP contribution in [0.25, 0.3) is 6.08 Å². The Hall–Kier alpha value is -2.02. The van der Waals surface area contributed by atoms with Gasteiger partial charge < -0.3 is 5.11 Å². The fourth-order valence-electron chi connectivity index (χ4n) is 1.76. The van der Waals surface area contributed by atoms with Crippen LogP contribution in [0.2, 0.25) is 0 Å². The lowest BCUT2D eigenvalue weighted by Crippen LogP contribution is -1.91. The van der Waals surface area contributed by atoms with Crippen molar-refractivity contribution in [3.05, 3.63) is 71.8 Å². The molecule has 0 fully saturated rings. The molecule has 2 aromatic carbocycles. The minimum absolute atomic E-state index is 0.348. The first kappa shape index (κ1) is 10.5. The number of hydrogen-bond acceptors (Lipinski definition) is 1. The smallest absolute Gasteiger partial charge is 0.119 e. The van der Waals surface area contributed by atoms with Gasteiger partial charge in [-0.3, -0.25) is 0 Å². The Morgan fingerprint density at radius 1 is 0.938 bits per heavy atom. The van der Waals surface area contributed by atoms with E-state index in [1.807, 2.05) is 42.5 Å². The fraction of sp³-hybridized carbons (Fsp3) is 0.0667. The molecule has 80 valence electrons. The molecule has 1 heteroatoms. The van der Waals surface area contributed by atoms with Gasteiger partial charge in [0.05, 0.1) is 0 Å². The van der Waals surface area contributed by atoms with Gasteiger partial charge in [0.1, 0.15) is 5.75 Å². The van der Waals surface area contributed by atoms with Crippen LogP contribution in [0.4, 0.5) is 0 Å². The molecule has 0 saturated heterocycles. The summed E-state index contributed by atoms with van der Waals surface area (Å²) in [5.41, 5.74) is 3.24. The maximum absolute atomic E-state index is 9.71. The van der Waals surface area contributed by atoms with E-state index in [1.54, 1.807) is 6.07 Å². The molecule has 0 saturated carbocycles. The quantitative estimate of drug-likeness (QED) is 0.820. The number of hydrogen-bond donors (Lipinski definition) is 1. The van der Waals surface area contributed by atoms with Gasteiger partial charge in [-0.1, -0.05) is 55.1 Å². The number of benzene rings is 2. The topological polar surface area (TPSA) is 20.2 Å². The van der Waals surface area contributed by atoms with E-state index in [0.717, 1.165) is 17.5 Å². The van der Waals surface area contributed by atoms with Gasteiger partial charge in [-0.05, 0) is 22.8 Å². The number of rotatable bonds is 3. The van der Waals surface area contributed by atoms with Crippen LogP contribution >= 0.6 is 0 Å². The Labute approximate surface area is 95.7 Å². The standard InChI is InChI=1S/C15H14O/c1-2-12-7-3-4-8-13(12)11-14-9-5-6-10-15(14)16/h2-10,16H,1,11H2. The SMILES string of the molecule is C=Cc1ccccc1Cc1ccccc1O. The molecule has 0 bridgehead atoms. The monoisotopic (exact) mass is 210 g/mol. The largest absolute Gasteiger partial charge is 0.508 e. The summed E-state index contributed by atoms with van der Waals surface area (Å²) in [5.74, 6) is 0.348. The normalized spacial score (nSPS) is 10.0. The van der Waals surface area contributed by atoms with E-state index in [0.29, 0.717) is 5.75 Å². The maximum atomic E-state index is 9.71. The summed E-state index contributed by atoms with van der Waals surface area (Å²) >= 11 is 0. The molecule has 0 atom stereocenters. The van der Waals surface area contributed by atoms with E-state index in [2.05, 4.69) is 12.6 Å². The van der Waals surface area contributed by atoms with Gasteiger partial charge in [-0.15, -0.1) is 0 Å². The van der Waals surface area contributed by atoms with Gasteiger partial charge in [0.2, 0.25) is 0 Å². The highest BCUT2D eigenvalue weighted by Gasteiger charge is 2.03. The van der Waals surface area contributed by atoms with E-state index in [1.165, 1.54) is 5.56 Å². The number of para-hydroxylation sites is 1. The van der Waals surface area contributed by atoms with Crippen LogP contribution in [0.3, 0.4) is 0 Å². The summed E-state index contributed by atoms with van der Waals surface area (Å²) in [5, 5.41) is 9.71. The van der Waals surface area contributed by atoms with Gasteiger partial charge >= 0.3 is 0 Å². The van der Waals surface area contributed by atoms with Gasteiger partial charge in [-0.2, -0.15) is 0 Å². The van der Waals surface area contributed by atoms with E-state index < -0.39 is 0 Å². The fourth-order valence-corrected chi connectivity index (χ4v) is 1.76. The lowest BCUT2D eigenvalue weighted by molar-refractivity contribution is 0.469. The third kappa shape index (κ3) is 2.14. The van der Waals surface area contributed by atoms with Crippen molar-refractivity contribution in [2.75, 3.05) is 0 Å². The molecule has 0 spiro atoms. The summed E-state index contributed by atoms with van der Waals surface area (Å²) in [6, 6.07) is 15.5. The Balaban J connectivity index is 2.34. The minimum atomic E-state index is 0.348. The second-order valence-electron chi connectivity index (χ2n) is 3.71. The van der Waals surface area contributed by atoms with E-state index in [-0.39, 0.29) is 0 Å². The molecule has 0 aliphatic carbocycles. The molecule has 1 nitrogen and oxygen atoms in total. The van der Waals surface area contributed by atoms with Gasteiger partial charge in [0, 0.05) is 6.42 Å². The maximum Gasteiger partial charge on any atom is 0.119 e. The Bertz CT molecular complexity index is 500. The van der Waals surface area contributed by atoms with Crippen LogP contribution < -0.4 is 0 Å². The number of aromatic hydroxyl groups is 1. The van der Waals surface area contributed by atoms with Crippen LogP contribution in [-0.4, -0.2) is 5.11 Å². The minimum Gasteiger partial charge on any atom is -0.508 e. The predicted octanol–water partition coefficient (Wildman–Crippen LogP) is 3.63. The highest BCUT2D eigenvalue weighted by atomic mass is 16.3. The van der Waals surface area contributed by atoms with Crippen molar-refractivity contribution >= 4 is 6.08 Å². The zero-order valence-electron chi connectivity index (χ0n) is 9.06. The van der Waals surface area contributed by atoms with Gasteiger partial charge in [-0.25, -0.2) is 0 Å². The molecule has 0 amide bonds. The number of phenols is 1. The first-order valence-electron chi connectivity index (χ1n) is 5.28. The van der Waals surface area contributed by atoms with Crippen molar-refractivity contribution in [2.45, 2.75) is 6.42 Å². The summed E-state index contributed by atoms with van der Waals surface area (Å²) < 4.78 is 0. The Morgan fingerprint density at radius 2 is 1.56 bits per heavy atom. The molecular formula is C15H14O. The van der Waals surface area contributed by atoms with Crippen LogP contribution in [0.15, 0.2) is 55.1 Å². The Morgan fingerprint density at radius 3 is 2.25 bits per heavy atom. The zero-order chi connectivity index (χ0) is 11.4. The van der Waals surface area contributed by atoms with Crippen LogP contribution in [0.5, 0.6) is 5.75 Å². The average molecular weight is 210 g/mol. The first-order chi connectivity index (χ1) is 7.81. The third-order valence-electron chi connectivity index (χ3n) is 2.65. The zero-order valence-corrected chi connectivity index (χ0v) is 9.06. The van der Waals surface area contributed by atoms with E-state index in [9.17, 15) is 5.11 Å². The highest BCUT2D eigenvalue weighted by molar-refractivity contribution is 5.53. The van der Waals surface area contributed by atoms with Crippen molar-refractivity contribution in [1.82, 2.24) is 0 Å². The molecule has 2 rings (SSSR count). The average Bonchev–Trinajstić information content (AvgIpc) is 2.33. The lowest BCUT2D eigenvalue weighted by Gasteiger charge is -2.07. The second kappa shape index (κ2) is 4.67. The molecular weight excluding hydrogens is 196 g/mol. The highest BCUT2D eigenvalue weighted by Crippen LogP contribution is 2.21. The summed E-state index contributed by atoms with van der Waals surface area (Å²) in [4.78, 5) is 0. The summed E-state index contributed by atoms with van der Waals surface area (Å²) in [6.07, 6.45) is 2.57. The summed E-state index contributed by atoms with van der Waals surface area (Å²) in [7, 11) is 0. The van der Waals surface area contributed by atoms with E-state index >= 15 is 0 Å². The molecule has 0 aliphatic rings. The molecule has 1 N–H and O–H groups in total. The summed E-state index contributed by atoms with van der Waals surface area (Å²) in [6.45, 7) is 3.79. The van der Waals surface area contributed by atoms with Crippen LogP contribution in [0.1, 0.15) is 16.7 Å². The Kier molecular flexibility index (Phi) is 3.06. The molecule has 0 radical (unpaired) electrons. The molecule has 16 heavy (non-hydrogen) atoms. The predicted molar refractivity (Wildman–Crippen MR) is 67.4 cm³/mol. The van der Waals surface area contributed by atoms with Crippen molar-refractivity contribution in [3.63, 3.8) is 0 Å². The van der Waals surface area contributed by atoms with Crippen molar-refractivity contribution in [1.29, 1.82) is 0 Å². The van der Waals surface area contributed by atoms with Crippen molar-refractivity contribution in [3.8, 4) is 5.75 Å². The third-order valence-corrected chi connectivity index (χ3v) is 2.65. The second-order valence-corrected chi connectivity index (χ2v) is 3.71. The molecule has 0 aromatic heterocycles. The van der Waals surface area contributed by atoms with E-state index in [4.69, 9.17) is 0 Å². The molecule has 0 heterocycles. The molecule has 2 aromatic rings.